The number of aromatic nitrogens is 1. The number of thiazole rings is 1. The van der Waals surface area contributed by atoms with Crippen LogP contribution in [0.5, 0.6) is 5.75 Å². The first-order valence-electron chi connectivity index (χ1n) is 9.76. The zero-order valence-corrected chi connectivity index (χ0v) is 17.1. The molecule has 0 radical (unpaired) electrons. The molecule has 1 aromatic heterocycles. The SMILES string of the molecule is COc1ccc(-c2nc(NC(=O)C3CCN(C(=O)C4CC4)CC3)sc2C)cc1. The van der Waals surface area contributed by atoms with E-state index in [0.717, 1.165) is 47.6 Å². The van der Waals surface area contributed by atoms with Gasteiger partial charge in [-0.25, -0.2) is 4.98 Å². The lowest BCUT2D eigenvalue weighted by Gasteiger charge is -2.31. The number of aryl methyl sites for hydroxylation is 1. The van der Waals surface area contributed by atoms with Crippen molar-refractivity contribution in [2.75, 3.05) is 25.5 Å². The Labute approximate surface area is 168 Å². The van der Waals surface area contributed by atoms with Crippen LogP contribution in [-0.2, 0) is 9.59 Å². The number of amides is 2. The molecule has 2 heterocycles. The van der Waals surface area contributed by atoms with E-state index in [-0.39, 0.29) is 23.7 Å². The van der Waals surface area contributed by atoms with Gasteiger partial charge in [0, 0.05) is 35.4 Å². The van der Waals surface area contributed by atoms with Gasteiger partial charge < -0.3 is 15.0 Å². The minimum Gasteiger partial charge on any atom is -0.497 e. The molecule has 6 nitrogen and oxygen atoms in total. The average Bonchev–Trinajstić information content (AvgIpc) is 3.51. The lowest BCUT2D eigenvalue weighted by atomic mass is 9.95. The monoisotopic (exact) mass is 399 g/mol. The van der Waals surface area contributed by atoms with E-state index >= 15 is 0 Å². The van der Waals surface area contributed by atoms with E-state index in [2.05, 4.69) is 10.3 Å². The summed E-state index contributed by atoms with van der Waals surface area (Å²) in [5, 5.41) is 3.61. The number of methoxy groups -OCH3 is 1. The molecule has 1 aliphatic carbocycles. The molecule has 1 aromatic carbocycles. The number of rotatable bonds is 5. The Morgan fingerprint density at radius 1 is 1.11 bits per heavy atom. The standard InChI is InChI=1S/C21H25N3O3S/c1-13-18(14-5-7-17(27-2)8-6-14)22-21(28-13)23-19(25)15-9-11-24(12-10-15)20(26)16-3-4-16/h5-8,15-16H,3-4,9-12H2,1-2H3,(H,22,23,25). The summed E-state index contributed by atoms with van der Waals surface area (Å²) in [6.45, 7) is 3.37. The summed E-state index contributed by atoms with van der Waals surface area (Å²) in [7, 11) is 1.64. The highest BCUT2D eigenvalue weighted by atomic mass is 32.1. The van der Waals surface area contributed by atoms with Crippen LogP contribution in [0, 0.1) is 18.8 Å². The van der Waals surface area contributed by atoms with Gasteiger partial charge in [0.1, 0.15) is 5.75 Å². The summed E-state index contributed by atoms with van der Waals surface area (Å²) in [6, 6.07) is 7.75. The van der Waals surface area contributed by atoms with E-state index < -0.39 is 0 Å². The zero-order chi connectivity index (χ0) is 19.7. The second kappa shape index (κ2) is 7.91. The Hall–Kier alpha value is -2.41. The largest absolute Gasteiger partial charge is 0.497 e. The summed E-state index contributed by atoms with van der Waals surface area (Å²) >= 11 is 1.49. The first kappa shape index (κ1) is 18.9. The third-order valence-electron chi connectivity index (χ3n) is 5.49. The van der Waals surface area contributed by atoms with Crippen LogP contribution in [0.2, 0.25) is 0 Å². The summed E-state index contributed by atoms with van der Waals surface area (Å²) in [4.78, 5) is 32.4. The van der Waals surface area contributed by atoms with Gasteiger partial charge in [-0.15, -0.1) is 11.3 Å². The van der Waals surface area contributed by atoms with Crippen LogP contribution in [0.3, 0.4) is 0 Å². The fourth-order valence-electron chi connectivity index (χ4n) is 3.62. The van der Waals surface area contributed by atoms with E-state index in [1.165, 1.54) is 11.3 Å². The van der Waals surface area contributed by atoms with Crippen LogP contribution in [-0.4, -0.2) is 41.9 Å². The number of anilines is 1. The van der Waals surface area contributed by atoms with Gasteiger partial charge in [0.15, 0.2) is 5.13 Å². The Morgan fingerprint density at radius 3 is 2.39 bits per heavy atom. The quantitative estimate of drug-likeness (QED) is 0.832. The first-order chi connectivity index (χ1) is 13.5. The van der Waals surface area contributed by atoms with Gasteiger partial charge in [0.05, 0.1) is 12.8 Å². The number of carbonyl (C=O) groups is 2. The second-order valence-corrected chi connectivity index (χ2v) is 8.72. The van der Waals surface area contributed by atoms with Crippen molar-refractivity contribution in [2.24, 2.45) is 11.8 Å². The molecule has 0 unspecified atom stereocenters. The van der Waals surface area contributed by atoms with Crippen LogP contribution < -0.4 is 10.1 Å². The summed E-state index contributed by atoms with van der Waals surface area (Å²) < 4.78 is 5.20. The Bertz CT molecular complexity index is 866. The van der Waals surface area contributed by atoms with Crippen molar-refractivity contribution < 1.29 is 14.3 Å². The van der Waals surface area contributed by atoms with E-state index in [9.17, 15) is 9.59 Å². The molecule has 1 saturated heterocycles. The second-order valence-electron chi connectivity index (χ2n) is 7.52. The Kier molecular flexibility index (Phi) is 5.35. The molecule has 148 valence electrons. The number of piperidine rings is 1. The smallest absolute Gasteiger partial charge is 0.229 e. The van der Waals surface area contributed by atoms with Crippen molar-refractivity contribution in [1.29, 1.82) is 0 Å². The van der Waals surface area contributed by atoms with Crippen molar-refractivity contribution in [3.8, 4) is 17.0 Å². The zero-order valence-electron chi connectivity index (χ0n) is 16.2. The van der Waals surface area contributed by atoms with Crippen LogP contribution in [0.1, 0.15) is 30.6 Å². The highest BCUT2D eigenvalue weighted by molar-refractivity contribution is 7.16. The van der Waals surface area contributed by atoms with Crippen molar-refractivity contribution in [3.63, 3.8) is 0 Å². The third kappa shape index (κ3) is 4.04. The maximum atomic E-state index is 12.7. The van der Waals surface area contributed by atoms with E-state index in [1.54, 1.807) is 7.11 Å². The van der Waals surface area contributed by atoms with Gasteiger partial charge in [-0.1, -0.05) is 0 Å². The number of nitrogens with one attached hydrogen (secondary N) is 1. The Morgan fingerprint density at radius 2 is 1.79 bits per heavy atom. The molecule has 2 aromatic rings. The molecule has 1 aliphatic heterocycles. The van der Waals surface area contributed by atoms with Gasteiger partial charge in [-0.3, -0.25) is 9.59 Å². The number of hydrogen-bond acceptors (Lipinski definition) is 5. The molecule has 0 atom stereocenters. The first-order valence-corrected chi connectivity index (χ1v) is 10.6. The third-order valence-corrected chi connectivity index (χ3v) is 6.38. The highest BCUT2D eigenvalue weighted by Gasteiger charge is 2.36. The van der Waals surface area contributed by atoms with Gasteiger partial charge >= 0.3 is 0 Å². The summed E-state index contributed by atoms with van der Waals surface area (Å²) in [6.07, 6.45) is 3.50. The lowest BCUT2D eigenvalue weighted by Crippen LogP contribution is -2.42. The number of benzene rings is 1. The molecular weight excluding hydrogens is 374 g/mol. The predicted octanol–water partition coefficient (Wildman–Crippen LogP) is 3.71. The topological polar surface area (TPSA) is 71.5 Å². The molecule has 2 amide bonds. The van der Waals surface area contributed by atoms with Crippen molar-refractivity contribution in [2.45, 2.75) is 32.6 Å². The molecule has 1 saturated carbocycles. The van der Waals surface area contributed by atoms with Crippen molar-refractivity contribution in [1.82, 2.24) is 9.88 Å². The number of ether oxygens (including phenoxy) is 1. The van der Waals surface area contributed by atoms with Gasteiger partial charge in [0.25, 0.3) is 0 Å². The minimum absolute atomic E-state index is 0.00792. The fourth-order valence-corrected chi connectivity index (χ4v) is 4.46. The van der Waals surface area contributed by atoms with E-state index in [1.807, 2.05) is 36.1 Å². The van der Waals surface area contributed by atoms with Crippen LogP contribution in [0.15, 0.2) is 24.3 Å². The number of carbonyl (C=O) groups excluding carboxylic acids is 2. The van der Waals surface area contributed by atoms with Gasteiger partial charge in [0.2, 0.25) is 11.8 Å². The molecule has 7 heteroatoms. The summed E-state index contributed by atoms with van der Waals surface area (Å²) in [5.41, 5.74) is 1.88. The van der Waals surface area contributed by atoms with Gasteiger partial charge in [-0.05, 0) is 56.9 Å². The van der Waals surface area contributed by atoms with Gasteiger partial charge in [-0.2, -0.15) is 0 Å². The van der Waals surface area contributed by atoms with Crippen LogP contribution in [0.4, 0.5) is 5.13 Å². The normalized spacial score (nSPS) is 17.4. The van der Waals surface area contributed by atoms with Crippen molar-refractivity contribution in [3.05, 3.63) is 29.1 Å². The maximum absolute atomic E-state index is 12.7. The molecule has 0 spiro atoms. The average molecular weight is 400 g/mol. The van der Waals surface area contributed by atoms with E-state index in [0.29, 0.717) is 18.2 Å². The molecule has 1 N–H and O–H groups in total. The minimum atomic E-state index is -0.0584. The molecule has 0 bridgehead atoms. The lowest BCUT2D eigenvalue weighted by molar-refractivity contribution is -0.135. The number of hydrogen-bond donors (Lipinski definition) is 1. The fraction of sp³-hybridized carbons (Fsp3) is 0.476. The van der Waals surface area contributed by atoms with Crippen molar-refractivity contribution >= 4 is 28.3 Å². The maximum Gasteiger partial charge on any atom is 0.229 e. The highest BCUT2D eigenvalue weighted by Crippen LogP contribution is 2.34. The number of likely N-dealkylation sites (tertiary alicyclic amines) is 1. The van der Waals surface area contributed by atoms with Crippen LogP contribution >= 0.6 is 11.3 Å². The molecule has 4 rings (SSSR count). The molecule has 2 fully saturated rings. The molecule has 2 aliphatic rings. The van der Waals surface area contributed by atoms with Crippen LogP contribution in [0.25, 0.3) is 11.3 Å². The molecular formula is C21H25N3O3S. The Balaban J connectivity index is 1.36. The predicted molar refractivity (Wildman–Crippen MR) is 109 cm³/mol. The summed E-state index contributed by atoms with van der Waals surface area (Å²) in [5.74, 6) is 1.28. The molecule has 28 heavy (non-hydrogen) atoms. The van der Waals surface area contributed by atoms with E-state index in [4.69, 9.17) is 4.74 Å². The number of nitrogens with zero attached hydrogens (tertiary/aromatic N) is 2.